The fourth-order valence-electron chi connectivity index (χ4n) is 7.95. The van der Waals surface area contributed by atoms with E-state index in [4.69, 9.17) is 14.2 Å². The molecule has 6 heteroatoms. The van der Waals surface area contributed by atoms with Gasteiger partial charge in [-0.15, -0.1) is 0 Å². The summed E-state index contributed by atoms with van der Waals surface area (Å²) in [7, 11) is 0. The number of carbonyl (C=O) groups excluding carboxylic acids is 3. The highest BCUT2D eigenvalue weighted by Crippen LogP contribution is 2.15. The number of hydrogen-bond acceptors (Lipinski definition) is 6. The maximum absolute atomic E-state index is 12.8. The molecule has 0 fully saturated rings. The van der Waals surface area contributed by atoms with E-state index in [0.29, 0.717) is 19.3 Å². The normalized spacial score (nSPS) is 12.8. The van der Waals surface area contributed by atoms with Gasteiger partial charge in [0.05, 0.1) is 0 Å². The molecule has 0 saturated heterocycles. The fourth-order valence-corrected chi connectivity index (χ4v) is 7.95. The number of unbranched alkanes of at least 4 members (excludes halogenated alkanes) is 25. The van der Waals surface area contributed by atoms with Crippen LogP contribution in [0.5, 0.6) is 0 Å². The number of ether oxygens (including phenoxy) is 3. The van der Waals surface area contributed by atoms with Gasteiger partial charge in [-0.2, -0.15) is 0 Å². The molecule has 0 aliphatic heterocycles. The minimum atomic E-state index is -0.800. The van der Waals surface area contributed by atoms with Crippen molar-refractivity contribution < 1.29 is 28.6 Å². The van der Waals surface area contributed by atoms with Crippen LogP contribution in [0.3, 0.4) is 0 Å². The first kappa shape index (κ1) is 66.3. The molecule has 0 aromatic carbocycles. The van der Waals surface area contributed by atoms with E-state index >= 15 is 0 Å². The van der Waals surface area contributed by atoms with Crippen molar-refractivity contribution in [3.05, 3.63) is 97.2 Å². The van der Waals surface area contributed by atoms with Crippen molar-refractivity contribution in [3.63, 3.8) is 0 Å². The molecule has 0 aromatic rings. The summed E-state index contributed by atoms with van der Waals surface area (Å²) in [5, 5.41) is 0. The molecular formula is C64H108O6. The molecule has 0 bridgehead atoms. The lowest BCUT2D eigenvalue weighted by Crippen LogP contribution is -2.30. The lowest BCUT2D eigenvalue weighted by atomic mass is 10.0. The summed E-state index contributed by atoms with van der Waals surface area (Å²) in [6, 6.07) is 0. The summed E-state index contributed by atoms with van der Waals surface area (Å²) in [5.74, 6) is -0.942. The van der Waals surface area contributed by atoms with Gasteiger partial charge in [-0.25, -0.2) is 0 Å². The van der Waals surface area contributed by atoms with Gasteiger partial charge in [0.15, 0.2) is 6.10 Å². The largest absolute Gasteiger partial charge is 0.462 e. The predicted octanol–water partition coefficient (Wildman–Crippen LogP) is 19.7. The first-order valence-electron chi connectivity index (χ1n) is 29.2. The SMILES string of the molecule is CC/C=C\C/C=C\C/C=C\C/C=C\C/C=C\C/C=C\CCCCC(=O)OC(COC(=O)CCCCCCCCCC)COC(=O)CCCCCCCCCCCCC/C=C\C/C=C\CCCCCCC. The number of rotatable bonds is 52. The van der Waals surface area contributed by atoms with E-state index < -0.39 is 6.10 Å². The van der Waals surface area contributed by atoms with E-state index in [1.807, 2.05) is 0 Å². The molecule has 0 rings (SSSR count). The molecule has 0 amide bonds. The third kappa shape index (κ3) is 55.3. The monoisotopic (exact) mass is 973 g/mol. The van der Waals surface area contributed by atoms with Crippen molar-refractivity contribution in [2.45, 2.75) is 277 Å². The summed E-state index contributed by atoms with van der Waals surface area (Å²) < 4.78 is 16.8. The second-order valence-corrected chi connectivity index (χ2v) is 19.2. The number of esters is 3. The van der Waals surface area contributed by atoms with Crippen LogP contribution in [-0.4, -0.2) is 37.2 Å². The van der Waals surface area contributed by atoms with E-state index in [2.05, 4.69) is 118 Å². The van der Waals surface area contributed by atoms with Gasteiger partial charge in [0.1, 0.15) is 13.2 Å². The zero-order chi connectivity index (χ0) is 50.7. The van der Waals surface area contributed by atoms with E-state index in [9.17, 15) is 14.4 Å². The van der Waals surface area contributed by atoms with Gasteiger partial charge in [-0.05, 0) is 103 Å². The second kappa shape index (κ2) is 57.9. The third-order valence-corrected chi connectivity index (χ3v) is 12.3. The fraction of sp³-hybridized carbons (Fsp3) is 0.703. The molecule has 0 aliphatic rings. The first-order valence-corrected chi connectivity index (χ1v) is 29.2. The molecule has 0 aromatic heterocycles. The molecular weight excluding hydrogens is 865 g/mol. The van der Waals surface area contributed by atoms with E-state index in [1.54, 1.807) is 0 Å². The maximum atomic E-state index is 12.8. The molecule has 0 aliphatic carbocycles. The molecule has 6 nitrogen and oxygen atoms in total. The van der Waals surface area contributed by atoms with Crippen LogP contribution in [0.15, 0.2) is 97.2 Å². The number of allylic oxidation sites excluding steroid dienone is 16. The summed E-state index contributed by atoms with van der Waals surface area (Å²) in [5.41, 5.74) is 0. The minimum absolute atomic E-state index is 0.0950. The van der Waals surface area contributed by atoms with Gasteiger partial charge < -0.3 is 14.2 Å². The highest BCUT2D eigenvalue weighted by Gasteiger charge is 2.19. The van der Waals surface area contributed by atoms with Crippen molar-refractivity contribution in [2.24, 2.45) is 0 Å². The minimum Gasteiger partial charge on any atom is -0.462 e. The quantitative estimate of drug-likeness (QED) is 0.0262. The van der Waals surface area contributed by atoms with E-state index in [-0.39, 0.29) is 37.5 Å². The average molecular weight is 974 g/mol. The lowest BCUT2D eigenvalue weighted by molar-refractivity contribution is -0.167. The lowest BCUT2D eigenvalue weighted by Gasteiger charge is -2.18. The first-order chi connectivity index (χ1) is 34.5. The Labute approximate surface area is 432 Å². The van der Waals surface area contributed by atoms with Crippen molar-refractivity contribution in [1.82, 2.24) is 0 Å². The summed E-state index contributed by atoms with van der Waals surface area (Å²) in [6.45, 7) is 6.46. The van der Waals surface area contributed by atoms with Crippen LogP contribution in [0.25, 0.3) is 0 Å². The Hall–Kier alpha value is -3.67. The Bertz CT molecular complexity index is 1400. The van der Waals surface area contributed by atoms with E-state index in [0.717, 1.165) is 96.3 Å². The van der Waals surface area contributed by atoms with Gasteiger partial charge in [-0.3, -0.25) is 14.4 Å². The van der Waals surface area contributed by atoms with Crippen LogP contribution >= 0.6 is 0 Å². The molecule has 1 atom stereocenters. The van der Waals surface area contributed by atoms with Crippen LogP contribution in [0.1, 0.15) is 271 Å². The topological polar surface area (TPSA) is 78.9 Å². The van der Waals surface area contributed by atoms with Crippen molar-refractivity contribution in [3.8, 4) is 0 Å². The molecule has 0 saturated carbocycles. The predicted molar refractivity (Wildman–Crippen MR) is 302 cm³/mol. The Balaban J connectivity index is 4.31. The Morgan fingerprint density at radius 1 is 0.300 bits per heavy atom. The smallest absolute Gasteiger partial charge is 0.306 e. The summed E-state index contributed by atoms with van der Waals surface area (Å²) in [4.78, 5) is 38.0. The highest BCUT2D eigenvalue weighted by atomic mass is 16.6. The third-order valence-electron chi connectivity index (χ3n) is 12.3. The standard InChI is InChI=1S/C64H108O6/c1-4-7-10-13-16-19-21-23-25-27-29-31-32-34-35-37-39-41-43-45-48-51-54-57-63(66)69-60-61(59-68-62(65)56-53-50-47-18-15-12-9-6-3)70-64(67)58-55-52-49-46-44-42-40-38-36-33-30-28-26-24-22-20-17-14-11-8-5-2/h8,11,17,20-21,23-24,26-27,29-30,33,38,40,44,46,61H,4-7,9-10,12-16,18-19,22,25,28,31-32,34-37,39,41-43,45,47-60H2,1-3H3/b11-8-,20-17-,23-21-,26-24-,29-27-,33-30-,40-38-,46-44-. The molecule has 0 spiro atoms. The van der Waals surface area contributed by atoms with Gasteiger partial charge in [0.25, 0.3) is 0 Å². The van der Waals surface area contributed by atoms with Gasteiger partial charge in [0.2, 0.25) is 0 Å². The summed E-state index contributed by atoms with van der Waals surface area (Å²) in [6.07, 6.45) is 77.0. The summed E-state index contributed by atoms with van der Waals surface area (Å²) >= 11 is 0. The van der Waals surface area contributed by atoms with Crippen LogP contribution in [0, 0.1) is 0 Å². The molecule has 70 heavy (non-hydrogen) atoms. The van der Waals surface area contributed by atoms with E-state index in [1.165, 1.54) is 128 Å². The molecule has 0 heterocycles. The van der Waals surface area contributed by atoms with Crippen LogP contribution in [-0.2, 0) is 28.6 Å². The zero-order valence-electron chi connectivity index (χ0n) is 45.8. The number of hydrogen-bond donors (Lipinski definition) is 0. The molecule has 1 unspecified atom stereocenters. The maximum Gasteiger partial charge on any atom is 0.306 e. The van der Waals surface area contributed by atoms with Crippen LogP contribution in [0.2, 0.25) is 0 Å². The van der Waals surface area contributed by atoms with Gasteiger partial charge >= 0.3 is 17.9 Å². The van der Waals surface area contributed by atoms with Crippen LogP contribution < -0.4 is 0 Å². The van der Waals surface area contributed by atoms with Crippen molar-refractivity contribution in [1.29, 1.82) is 0 Å². The number of carbonyl (C=O) groups is 3. The van der Waals surface area contributed by atoms with Gasteiger partial charge in [-0.1, -0.05) is 246 Å². The Morgan fingerprint density at radius 2 is 0.557 bits per heavy atom. The second-order valence-electron chi connectivity index (χ2n) is 19.2. The van der Waals surface area contributed by atoms with Gasteiger partial charge in [0, 0.05) is 19.3 Å². The average Bonchev–Trinajstić information content (AvgIpc) is 3.36. The molecule has 0 radical (unpaired) electrons. The molecule has 400 valence electrons. The Morgan fingerprint density at radius 3 is 0.900 bits per heavy atom. The van der Waals surface area contributed by atoms with Crippen LogP contribution in [0.4, 0.5) is 0 Å². The van der Waals surface area contributed by atoms with Crippen molar-refractivity contribution in [2.75, 3.05) is 13.2 Å². The van der Waals surface area contributed by atoms with Crippen molar-refractivity contribution >= 4 is 17.9 Å². The Kier molecular flexibility index (Phi) is 54.9. The zero-order valence-corrected chi connectivity index (χ0v) is 45.8. The molecule has 0 N–H and O–H groups in total. The highest BCUT2D eigenvalue weighted by molar-refractivity contribution is 5.71.